The van der Waals surface area contributed by atoms with E-state index in [4.69, 9.17) is 4.74 Å². The molecule has 0 radical (unpaired) electrons. The Morgan fingerprint density at radius 3 is 2.59 bits per heavy atom. The van der Waals surface area contributed by atoms with Crippen LogP contribution in [0, 0.1) is 5.41 Å². The Morgan fingerprint density at radius 1 is 1.14 bits per heavy atom. The first-order valence-electron chi connectivity index (χ1n) is 10.8. The van der Waals surface area contributed by atoms with Crippen LogP contribution in [0.1, 0.15) is 56.9 Å². The van der Waals surface area contributed by atoms with Crippen LogP contribution in [0.15, 0.2) is 0 Å². The fraction of sp³-hybridized carbons (Fsp3) is 0.800. The van der Waals surface area contributed by atoms with Crippen molar-refractivity contribution in [1.82, 2.24) is 20.4 Å². The van der Waals surface area contributed by atoms with Gasteiger partial charge in [0.05, 0.1) is 0 Å². The molecule has 3 rings (SSSR count). The van der Waals surface area contributed by atoms with Gasteiger partial charge in [-0.15, -0.1) is 10.2 Å². The smallest absolute Gasteiger partial charge is 0.226 e. The third-order valence-corrected chi connectivity index (χ3v) is 6.63. The maximum atomic E-state index is 12.3. The molecule has 2 fully saturated rings. The molecule has 0 saturated carbocycles. The van der Waals surface area contributed by atoms with Gasteiger partial charge in [-0.2, -0.15) is 0 Å². The van der Waals surface area contributed by atoms with Crippen LogP contribution in [-0.2, 0) is 20.7 Å². The SMILES string of the molecule is CCCc1nnc(NC(=O)CCC(=O)NCC2(CN3CCCC3)CCOCC2)s1. The standard InChI is InChI=1S/C20H33N5O3S/c1-2-5-18-23-24-19(29-18)22-17(27)7-6-16(26)21-14-20(8-12-28-13-9-20)15-25-10-3-4-11-25/h2-15H2,1H3,(H,21,26)(H,22,24,27). The Bertz CT molecular complexity index is 669. The Hall–Kier alpha value is -1.58. The number of aryl methyl sites for hydroxylation is 1. The molecular formula is C20H33N5O3S. The normalized spacial score (nSPS) is 19.2. The molecule has 0 aliphatic carbocycles. The lowest BCUT2D eigenvalue weighted by Gasteiger charge is -2.40. The average molecular weight is 424 g/mol. The molecule has 1 aromatic rings. The summed E-state index contributed by atoms with van der Waals surface area (Å²) in [6.07, 6.45) is 6.67. The van der Waals surface area contributed by atoms with Gasteiger partial charge in [0.2, 0.25) is 16.9 Å². The molecule has 2 amide bonds. The zero-order valence-electron chi connectivity index (χ0n) is 17.4. The predicted molar refractivity (Wildman–Crippen MR) is 113 cm³/mol. The second-order valence-electron chi connectivity index (χ2n) is 8.17. The number of nitrogens with zero attached hydrogens (tertiary/aromatic N) is 3. The molecule has 0 aromatic carbocycles. The van der Waals surface area contributed by atoms with Crippen molar-refractivity contribution < 1.29 is 14.3 Å². The lowest BCUT2D eigenvalue weighted by atomic mass is 9.79. The van der Waals surface area contributed by atoms with Crippen LogP contribution in [0.4, 0.5) is 5.13 Å². The lowest BCUT2D eigenvalue weighted by molar-refractivity contribution is -0.125. The van der Waals surface area contributed by atoms with Crippen molar-refractivity contribution in [2.24, 2.45) is 5.41 Å². The minimum Gasteiger partial charge on any atom is -0.381 e. The summed E-state index contributed by atoms with van der Waals surface area (Å²) >= 11 is 1.39. The first-order valence-corrected chi connectivity index (χ1v) is 11.6. The zero-order valence-corrected chi connectivity index (χ0v) is 18.2. The number of nitrogens with one attached hydrogen (secondary N) is 2. The second-order valence-corrected chi connectivity index (χ2v) is 9.23. The van der Waals surface area contributed by atoms with E-state index in [1.165, 1.54) is 24.2 Å². The fourth-order valence-electron chi connectivity index (χ4n) is 4.01. The highest BCUT2D eigenvalue weighted by molar-refractivity contribution is 7.15. The molecule has 1 aromatic heterocycles. The minimum absolute atomic E-state index is 0.0728. The Kier molecular flexibility index (Phi) is 8.38. The topological polar surface area (TPSA) is 96.5 Å². The summed E-state index contributed by atoms with van der Waals surface area (Å²) in [6, 6.07) is 0. The van der Waals surface area contributed by atoms with Crippen molar-refractivity contribution in [2.45, 2.75) is 58.3 Å². The summed E-state index contributed by atoms with van der Waals surface area (Å²) in [5.41, 5.74) is 0.0861. The number of carbonyl (C=O) groups excluding carboxylic acids is 2. The van der Waals surface area contributed by atoms with Gasteiger partial charge in [-0.05, 0) is 45.2 Å². The second kappa shape index (κ2) is 11.0. The third-order valence-electron chi connectivity index (χ3n) is 5.73. The summed E-state index contributed by atoms with van der Waals surface area (Å²) in [7, 11) is 0. The number of hydrogen-bond acceptors (Lipinski definition) is 7. The van der Waals surface area contributed by atoms with Crippen LogP contribution in [-0.4, -0.2) is 66.3 Å². The molecule has 2 aliphatic rings. The number of aromatic nitrogens is 2. The van der Waals surface area contributed by atoms with Crippen LogP contribution in [0.2, 0.25) is 0 Å². The van der Waals surface area contributed by atoms with E-state index < -0.39 is 0 Å². The number of hydrogen-bond donors (Lipinski definition) is 2. The molecule has 8 nitrogen and oxygen atoms in total. The van der Waals surface area contributed by atoms with Crippen LogP contribution < -0.4 is 10.6 Å². The molecule has 0 bridgehead atoms. The number of carbonyl (C=O) groups is 2. The molecule has 2 saturated heterocycles. The van der Waals surface area contributed by atoms with Crippen molar-refractivity contribution in [3.05, 3.63) is 5.01 Å². The predicted octanol–water partition coefficient (Wildman–Crippen LogP) is 2.22. The fourth-order valence-corrected chi connectivity index (χ4v) is 4.87. The molecule has 9 heteroatoms. The highest BCUT2D eigenvalue weighted by atomic mass is 32.1. The van der Waals surface area contributed by atoms with E-state index in [1.807, 2.05) is 0 Å². The molecule has 0 spiro atoms. The van der Waals surface area contributed by atoms with Crippen LogP contribution in [0.25, 0.3) is 0 Å². The van der Waals surface area contributed by atoms with Crippen molar-refractivity contribution in [1.29, 1.82) is 0 Å². The minimum atomic E-state index is -0.197. The third kappa shape index (κ3) is 7.01. The van der Waals surface area contributed by atoms with E-state index in [1.54, 1.807) is 0 Å². The summed E-state index contributed by atoms with van der Waals surface area (Å²) < 4.78 is 5.55. The van der Waals surface area contributed by atoms with E-state index in [0.717, 1.165) is 63.5 Å². The van der Waals surface area contributed by atoms with Crippen LogP contribution in [0.5, 0.6) is 0 Å². The Labute approximate surface area is 176 Å². The summed E-state index contributed by atoms with van der Waals surface area (Å²) in [5.74, 6) is -0.270. The maximum absolute atomic E-state index is 12.3. The number of likely N-dealkylation sites (tertiary alicyclic amines) is 1. The van der Waals surface area contributed by atoms with Gasteiger partial charge >= 0.3 is 0 Å². The first kappa shape index (κ1) is 22.1. The van der Waals surface area contributed by atoms with Crippen molar-refractivity contribution in [3.8, 4) is 0 Å². The Morgan fingerprint density at radius 2 is 1.86 bits per heavy atom. The first-order chi connectivity index (χ1) is 14.1. The quantitative estimate of drug-likeness (QED) is 0.599. The monoisotopic (exact) mass is 423 g/mol. The molecular weight excluding hydrogens is 390 g/mol. The van der Waals surface area contributed by atoms with Crippen LogP contribution >= 0.6 is 11.3 Å². The number of rotatable bonds is 10. The zero-order chi connectivity index (χ0) is 20.5. The van der Waals surface area contributed by atoms with Gasteiger partial charge in [0.1, 0.15) is 5.01 Å². The van der Waals surface area contributed by atoms with Crippen molar-refractivity contribution >= 4 is 28.3 Å². The van der Waals surface area contributed by atoms with E-state index >= 15 is 0 Å². The van der Waals surface area contributed by atoms with Crippen molar-refractivity contribution in [2.75, 3.05) is 44.7 Å². The van der Waals surface area contributed by atoms with Crippen LogP contribution in [0.3, 0.4) is 0 Å². The highest BCUT2D eigenvalue weighted by Gasteiger charge is 2.35. The highest BCUT2D eigenvalue weighted by Crippen LogP contribution is 2.32. The summed E-state index contributed by atoms with van der Waals surface area (Å²) in [6.45, 7) is 7.58. The largest absolute Gasteiger partial charge is 0.381 e. The van der Waals surface area contributed by atoms with Gasteiger partial charge in [0, 0.05) is 51.0 Å². The van der Waals surface area contributed by atoms with Gasteiger partial charge in [0.15, 0.2) is 0 Å². The number of ether oxygens (including phenoxy) is 1. The van der Waals surface area contributed by atoms with Gasteiger partial charge in [-0.1, -0.05) is 18.3 Å². The average Bonchev–Trinajstić information content (AvgIpc) is 3.38. The number of amides is 2. The van der Waals surface area contributed by atoms with Gasteiger partial charge in [-0.3, -0.25) is 9.59 Å². The summed E-state index contributed by atoms with van der Waals surface area (Å²) in [5, 5.41) is 15.3. The summed E-state index contributed by atoms with van der Waals surface area (Å²) in [4.78, 5) is 27.0. The molecule has 162 valence electrons. The Balaban J connectivity index is 1.40. The molecule has 0 unspecified atom stereocenters. The molecule has 2 N–H and O–H groups in total. The molecule has 0 atom stereocenters. The van der Waals surface area contributed by atoms with E-state index in [9.17, 15) is 9.59 Å². The molecule has 2 aliphatic heterocycles. The molecule has 3 heterocycles. The van der Waals surface area contributed by atoms with Crippen molar-refractivity contribution in [3.63, 3.8) is 0 Å². The lowest BCUT2D eigenvalue weighted by Crippen LogP contribution is -2.48. The van der Waals surface area contributed by atoms with E-state index in [2.05, 4.69) is 32.7 Å². The number of anilines is 1. The maximum Gasteiger partial charge on any atom is 0.226 e. The molecule has 29 heavy (non-hydrogen) atoms. The van der Waals surface area contributed by atoms with E-state index in [0.29, 0.717) is 11.7 Å². The van der Waals surface area contributed by atoms with Gasteiger partial charge in [-0.25, -0.2) is 0 Å². The van der Waals surface area contributed by atoms with Gasteiger partial charge < -0.3 is 20.3 Å². The van der Waals surface area contributed by atoms with E-state index in [-0.39, 0.29) is 30.1 Å². The van der Waals surface area contributed by atoms with Gasteiger partial charge in [0.25, 0.3) is 0 Å².